The predicted octanol–water partition coefficient (Wildman–Crippen LogP) is 5.25. The monoisotopic (exact) mass is 454 g/mol. The van der Waals surface area contributed by atoms with E-state index in [9.17, 15) is 27.2 Å². The molecule has 1 heterocycles. The summed E-state index contributed by atoms with van der Waals surface area (Å²) in [5, 5.41) is 7.42. The molecule has 0 saturated heterocycles. The number of urea groups is 1. The minimum Gasteiger partial charge on any atom is -0.355 e. The summed E-state index contributed by atoms with van der Waals surface area (Å²) in [4.78, 5) is 28.4. The van der Waals surface area contributed by atoms with Gasteiger partial charge in [0, 0.05) is 12.2 Å². The van der Waals surface area contributed by atoms with Gasteiger partial charge in [-0.2, -0.15) is 13.2 Å². The third kappa shape index (κ3) is 5.69. The average Bonchev–Trinajstić information content (AvgIpc) is 3.08. The second-order valence-corrected chi connectivity index (χ2v) is 7.63. The van der Waals surface area contributed by atoms with Crippen LogP contribution in [0.25, 0.3) is 10.2 Å². The maximum Gasteiger partial charge on any atom is 0.404 e. The maximum atomic E-state index is 13.5. The first-order chi connectivity index (χ1) is 14.7. The van der Waals surface area contributed by atoms with Gasteiger partial charge in [-0.25, -0.2) is 14.2 Å². The Labute approximate surface area is 178 Å². The number of aromatic nitrogens is 1. The minimum atomic E-state index is -4.76. The minimum absolute atomic E-state index is 0.144. The molecule has 2 aromatic carbocycles. The van der Waals surface area contributed by atoms with Gasteiger partial charge in [0.1, 0.15) is 5.82 Å². The average molecular weight is 454 g/mol. The molecule has 0 radical (unpaired) electrons. The Morgan fingerprint density at radius 2 is 1.81 bits per heavy atom. The van der Waals surface area contributed by atoms with E-state index in [1.54, 1.807) is 6.92 Å². The van der Waals surface area contributed by atoms with Gasteiger partial charge in [0.05, 0.1) is 10.2 Å². The molecule has 1 unspecified atom stereocenters. The predicted molar refractivity (Wildman–Crippen MR) is 111 cm³/mol. The van der Waals surface area contributed by atoms with E-state index in [0.717, 1.165) is 11.3 Å². The number of hydrogen-bond donors (Lipinski definition) is 3. The zero-order chi connectivity index (χ0) is 22.6. The van der Waals surface area contributed by atoms with Gasteiger partial charge in [-0.3, -0.25) is 10.1 Å². The van der Waals surface area contributed by atoms with Crippen molar-refractivity contribution < 1.29 is 27.2 Å². The second-order valence-electron chi connectivity index (χ2n) is 6.60. The smallest absolute Gasteiger partial charge is 0.355 e. The van der Waals surface area contributed by atoms with Crippen molar-refractivity contribution in [2.75, 3.05) is 17.2 Å². The van der Waals surface area contributed by atoms with Crippen LogP contribution in [0, 0.1) is 5.82 Å². The number of hydrogen-bond acceptors (Lipinski definition) is 4. The summed E-state index contributed by atoms with van der Waals surface area (Å²) in [5.74, 6) is -3.87. The lowest BCUT2D eigenvalue weighted by Gasteiger charge is -2.20. The Hall–Kier alpha value is -3.21. The quantitative estimate of drug-likeness (QED) is 0.445. The van der Waals surface area contributed by atoms with Crippen LogP contribution in [0.4, 0.5) is 33.2 Å². The van der Waals surface area contributed by atoms with Crippen molar-refractivity contribution in [2.45, 2.75) is 25.4 Å². The number of halogens is 4. The number of rotatable bonds is 6. The lowest BCUT2D eigenvalue weighted by atomic mass is 9.97. The summed E-state index contributed by atoms with van der Waals surface area (Å²) >= 11 is 0.968. The number of benzene rings is 2. The number of nitrogens with zero attached hydrogens (tertiary/aromatic N) is 1. The number of anilines is 2. The summed E-state index contributed by atoms with van der Waals surface area (Å²) in [6.45, 7) is 1.89. The van der Waals surface area contributed by atoms with Crippen LogP contribution in [0.2, 0.25) is 0 Å². The van der Waals surface area contributed by atoms with E-state index < -0.39 is 29.8 Å². The summed E-state index contributed by atoms with van der Waals surface area (Å²) in [7, 11) is 0. The van der Waals surface area contributed by atoms with Gasteiger partial charge in [0.25, 0.3) is 0 Å². The van der Waals surface area contributed by atoms with Crippen LogP contribution in [0.3, 0.4) is 0 Å². The van der Waals surface area contributed by atoms with Crippen molar-refractivity contribution in [3.63, 3.8) is 0 Å². The molecular weight excluding hydrogens is 436 g/mol. The highest BCUT2D eigenvalue weighted by atomic mass is 32.1. The number of amides is 3. The van der Waals surface area contributed by atoms with Gasteiger partial charge in [-0.05, 0) is 48.4 Å². The maximum absolute atomic E-state index is 13.5. The number of fused-ring (bicyclic) bond motifs is 1. The summed E-state index contributed by atoms with van der Waals surface area (Å²) in [6, 6.07) is 8.30. The van der Waals surface area contributed by atoms with Gasteiger partial charge < -0.3 is 10.6 Å². The fourth-order valence-electron chi connectivity index (χ4n) is 2.81. The lowest BCUT2D eigenvalue weighted by molar-refractivity contribution is -0.164. The van der Waals surface area contributed by atoms with Gasteiger partial charge in [-0.1, -0.05) is 24.3 Å². The number of carbonyl (C=O) groups excluding carboxylic acids is 2. The number of alkyl halides is 3. The van der Waals surface area contributed by atoms with Crippen LogP contribution < -0.4 is 16.0 Å². The molecule has 0 fully saturated rings. The molecule has 11 heteroatoms. The summed E-state index contributed by atoms with van der Waals surface area (Å²) in [6.07, 6.45) is -4.24. The molecule has 3 N–H and O–H groups in total. The molecule has 1 atom stereocenters. The topological polar surface area (TPSA) is 83.1 Å². The largest absolute Gasteiger partial charge is 0.404 e. The molecule has 3 rings (SSSR count). The van der Waals surface area contributed by atoms with Crippen molar-refractivity contribution >= 4 is 44.3 Å². The van der Waals surface area contributed by atoms with Crippen LogP contribution in [0.15, 0.2) is 42.5 Å². The van der Waals surface area contributed by atoms with E-state index in [4.69, 9.17) is 0 Å². The summed E-state index contributed by atoms with van der Waals surface area (Å²) < 4.78 is 53.9. The Kier molecular flexibility index (Phi) is 6.74. The number of nitrogens with one attached hydrogen (secondary N) is 3. The highest BCUT2D eigenvalue weighted by Gasteiger charge is 2.46. The fourth-order valence-corrected chi connectivity index (χ4v) is 3.72. The van der Waals surface area contributed by atoms with Gasteiger partial charge in [0.2, 0.25) is 5.91 Å². The fraction of sp³-hybridized carbons (Fsp3) is 0.250. The van der Waals surface area contributed by atoms with E-state index in [1.165, 1.54) is 42.5 Å². The van der Waals surface area contributed by atoms with E-state index in [2.05, 4.69) is 20.9 Å². The Balaban J connectivity index is 1.79. The van der Waals surface area contributed by atoms with Crippen molar-refractivity contribution in [3.05, 3.63) is 53.8 Å². The first-order valence-corrected chi connectivity index (χ1v) is 10.1. The molecule has 0 saturated carbocycles. The highest BCUT2D eigenvalue weighted by Crippen LogP contribution is 2.37. The van der Waals surface area contributed by atoms with Crippen molar-refractivity contribution in [1.29, 1.82) is 0 Å². The third-order valence-corrected chi connectivity index (χ3v) is 5.14. The van der Waals surface area contributed by atoms with Crippen LogP contribution >= 0.6 is 11.3 Å². The molecule has 0 aliphatic carbocycles. The molecule has 3 aromatic rings. The molecule has 0 spiro atoms. The number of carbonyl (C=O) groups is 2. The third-order valence-electron chi connectivity index (χ3n) is 4.21. The van der Waals surface area contributed by atoms with Crippen molar-refractivity contribution in [1.82, 2.24) is 10.3 Å². The van der Waals surface area contributed by atoms with Crippen LogP contribution in [0.1, 0.15) is 24.8 Å². The van der Waals surface area contributed by atoms with Crippen LogP contribution in [0.5, 0.6) is 0 Å². The van der Waals surface area contributed by atoms with Crippen LogP contribution in [-0.2, 0) is 4.79 Å². The van der Waals surface area contributed by atoms with E-state index >= 15 is 0 Å². The second kappa shape index (κ2) is 9.29. The Morgan fingerprint density at radius 3 is 2.45 bits per heavy atom. The van der Waals surface area contributed by atoms with Gasteiger partial charge >= 0.3 is 12.2 Å². The zero-order valence-corrected chi connectivity index (χ0v) is 17.0. The van der Waals surface area contributed by atoms with Crippen molar-refractivity contribution in [2.24, 2.45) is 0 Å². The Bertz CT molecular complexity index is 1080. The molecule has 6 nitrogen and oxygen atoms in total. The molecule has 0 bridgehead atoms. The SMILES string of the molecule is CCCNC(=O)C(c1ccc2nc(NC(=O)Nc3ccc(F)cc3)sc2c1)C(F)(F)F. The first-order valence-electron chi connectivity index (χ1n) is 9.26. The lowest BCUT2D eigenvalue weighted by Crippen LogP contribution is -2.37. The van der Waals surface area contributed by atoms with E-state index in [1.807, 2.05) is 0 Å². The zero-order valence-electron chi connectivity index (χ0n) is 16.2. The van der Waals surface area contributed by atoms with Crippen LogP contribution in [-0.4, -0.2) is 29.6 Å². The van der Waals surface area contributed by atoms with Crippen molar-refractivity contribution in [3.8, 4) is 0 Å². The molecule has 31 heavy (non-hydrogen) atoms. The molecule has 3 amide bonds. The Morgan fingerprint density at radius 1 is 1.10 bits per heavy atom. The normalized spacial score (nSPS) is 12.4. The molecular formula is C20H18F4N4O2S. The first kappa shape index (κ1) is 22.5. The summed E-state index contributed by atoms with van der Waals surface area (Å²) in [5.41, 5.74) is 0.522. The number of thiazole rings is 1. The van der Waals surface area contributed by atoms with E-state index in [0.29, 0.717) is 22.3 Å². The van der Waals surface area contributed by atoms with Gasteiger partial charge in [-0.15, -0.1) is 0 Å². The highest BCUT2D eigenvalue weighted by molar-refractivity contribution is 7.22. The molecule has 1 aromatic heterocycles. The molecule has 0 aliphatic heterocycles. The standard InChI is InChI=1S/C20H18F4N4O2S/c1-2-9-25-17(29)16(20(22,23)24)11-3-8-14-15(10-11)31-19(27-14)28-18(30)26-13-6-4-12(21)5-7-13/h3-8,10,16H,2,9H2,1H3,(H,25,29)(H2,26,27,28,30). The van der Waals surface area contributed by atoms with Gasteiger partial charge in [0.15, 0.2) is 11.0 Å². The van der Waals surface area contributed by atoms with E-state index in [-0.39, 0.29) is 17.2 Å². The molecule has 164 valence electrons. The molecule has 0 aliphatic rings.